The summed E-state index contributed by atoms with van der Waals surface area (Å²) in [7, 11) is 0. The molecule has 4 aromatic rings. The Morgan fingerprint density at radius 3 is 2.56 bits per heavy atom. The van der Waals surface area contributed by atoms with Gasteiger partial charge in [0.25, 0.3) is 0 Å². The number of fused-ring (bicyclic) bond motifs is 1. The van der Waals surface area contributed by atoms with Gasteiger partial charge in [0.15, 0.2) is 0 Å². The summed E-state index contributed by atoms with van der Waals surface area (Å²) < 4.78 is 0. The summed E-state index contributed by atoms with van der Waals surface area (Å²) in [5.41, 5.74) is 4.66. The van der Waals surface area contributed by atoms with E-state index >= 15 is 0 Å². The maximum absolute atomic E-state index is 4.77. The molecule has 1 aliphatic heterocycles. The van der Waals surface area contributed by atoms with Gasteiger partial charge in [-0.15, -0.1) is 10.2 Å². The van der Waals surface area contributed by atoms with Crippen molar-refractivity contribution in [2.75, 3.05) is 28.6 Å². The summed E-state index contributed by atoms with van der Waals surface area (Å²) in [5.74, 6) is 1.31. The van der Waals surface area contributed by atoms with Gasteiger partial charge in [-0.2, -0.15) is 0 Å². The lowest BCUT2D eigenvalue weighted by atomic mass is 10.1. The van der Waals surface area contributed by atoms with E-state index in [0.717, 1.165) is 57.1 Å². The Morgan fingerprint density at radius 2 is 1.68 bits per heavy atom. The summed E-state index contributed by atoms with van der Waals surface area (Å²) in [5, 5.41) is 17.4. The van der Waals surface area contributed by atoms with E-state index in [1.165, 1.54) is 44.9 Å². The van der Waals surface area contributed by atoms with Gasteiger partial charge in [0.2, 0.25) is 5.13 Å². The minimum atomic E-state index is 0.568. The van der Waals surface area contributed by atoms with Crippen LogP contribution in [0.15, 0.2) is 42.9 Å². The summed E-state index contributed by atoms with van der Waals surface area (Å²) in [4.78, 5) is 16.2. The average Bonchev–Trinajstić information content (AvgIpc) is 3.57. The Bertz CT molecular complexity index is 1280. The van der Waals surface area contributed by atoms with E-state index in [9.17, 15) is 0 Å². The second-order valence-electron chi connectivity index (χ2n) is 9.12. The highest BCUT2D eigenvalue weighted by Crippen LogP contribution is 2.37. The number of piperidine rings is 1. The van der Waals surface area contributed by atoms with Gasteiger partial charge in [-0.05, 0) is 56.4 Å². The Balaban J connectivity index is 1.18. The molecule has 0 spiro atoms. The van der Waals surface area contributed by atoms with Crippen LogP contribution < -0.4 is 15.5 Å². The third-order valence-electron chi connectivity index (χ3n) is 6.65. The molecule has 2 fully saturated rings. The molecule has 0 bridgehead atoms. The molecule has 8 nitrogen and oxygen atoms in total. The number of pyridine rings is 3. The first kappa shape index (κ1) is 21.2. The third-order valence-corrected chi connectivity index (χ3v) is 7.65. The van der Waals surface area contributed by atoms with E-state index in [-0.39, 0.29) is 0 Å². The number of hydrogen-bond acceptors (Lipinski definition) is 9. The minimum Gasteiger partial charge on any atom is -0.370 e. The first-order valence-corrected chi connectivity index (χ1v) is 13.0. The normalized spacial score (nSPS) is 16.8. The fraction of sp³-hybridized carbons (Fsp3) is 0.400. The van der Waals surface area contributed by atoms with Crippen LogP contribution >= 0.6 is 11.3 Å². The molecule has 0 atom stereocenters. The minimum absolute atomic E-state index is 0.568. The van der Waals surface area contributed by atoms with Crippen molar-refractivity contribution in [3.63, 3.8) is 0 Å². The van der Waals surface area contributed by atoms with Crippen LogP contribution in [0, 0.1) is 0 Å². The van der Waals surface area contributed by atoms with Crippen molar-refractivity contribution < 1.29 is 0 Å². The first-order valence-electron chi connectivity index (χ1n) is 12.1. The fourth-order valence-electron chi connectivity index (χ4n) is 4.86. The van der Waals surface area contributed by atoms with Crippen LogP contribution in [0.2, 0.25) is 0 Å². The van der Waals surface area contributed by atoms with Crippen LogP contribution in [0.1, 0.15) is 55.9 Å². The van der Waals surface area contributed by atoms with E-state index in [1.807, 2.05) is 36.8 Å². The summed E-state index contributed by atoms with van der Waals surface area (Å²) in [6.45, 7) is 2.19. The predicted octanol–water partition coefficient (Wildman–Crippen LogP) is 6.01. The van der Waals surface area contributed by atoms with Crippen molar-refractivity contribution in [1.29, 1.82) is 0 Å². The Hall–Kier alpha value is -3.33. The molecule has 2 aliphatic rings. The topological polar surface area (TPSA) is 91.8 Å². The van der Waals surface area contributed by atoms with E-state index < -0.39 is 0 Å². The molecule has 9 heteroatoms. The van der Waals surface area contributed by atoms with Crippen molar-refractivity contribution >= 4 is 50.4 Å². The zero-order chi connectivity index (χ0) is 22.7. The zero-order valence-electron chi connectivity index (χ0n) is 19.1. The molecular formula is C25H28N8S. The van der Waals surface area contributed by atoms with Gasteiger partial charge >= 0.3 is 0 Å². The van der Waals surface area contributed by atoms with E-state index in [2.05, 4.69) is 41.8 Å². The number of anilines is 5. The number of nitrogens with one attached hydrogen (secondary N) is 2. The SMILES string of the molecule is c1ncc(N2CCCCC2)cc1Nc1cnc2ccc(Nc3nnc(C4CCCC4)s3)nc2c1. The van der Waals surface area contributed by atoms with Crippen molar-refractivity contribution in [1.82, 2.24) is 25.1 Å². The van der Waals surface area contributed by atoms with Gasteiger partial charge in [0, 0.05) is 19.0 Å². The summed E-state index contributed by atoms with van der Waals surface area (Å²) >= 11 is 1.64. The van der Waals surface area contributed by atoms with Crippen molar-refractivity contribution in [2.24, 2.45) is 0 Å². The molecular weight excluding hydrogens is 444 g/mol. The maximum Gasteiger partial charge on any atom is 0.211 e. The maximum atomic E-state index is 4.77. The van der Waals surface area contributed by atoms with Crippen molar-refractivity contribution in [3.05, 3.63) is 47.9 Å². The van der Waals surface area contributed by atoms with E-state index in [1.54, 1.807) is 11.3 Å². The van der Waals surface area contributed by atoms with Crippen LogP contribution in [0.4, 0.5) is 28.0 Å². The highest BCUT2D eigenvalue weighted by molar-refractivity contribution is 7.15. The molecule has 2 N–H and O–H groups in total. The quantitative estimate of drug-likeness (QED) is 0.352. The molecule has 34 heavy (non-hydrogen) atoms. The van der Waals surface area contributed by atoms with E-state index in [0.29, 0.717) is 5.92 Å². The van der Waals surface area contributed by atoms with Gasteiger partial charge in [-0.1, -0.05) is 24.2 Å². The van der Waals surface area contributed by atoms with Gasteiger partial charge in [-0.25, -0.2) is 4.98 Å². The second-order valence-corrected chi connectivity index (χ2v) is 10.1. The van der Waals surface area contributed by atoms with Crippen LogP contribution in [0.3, 0.4) is 0 Å². The Morgan fingerprint density at radius 1 is 0.824 bits per heavy atom. The zero-order valence-corrected chi connectivity index (χ0v) is 19.9. The monoisotopic (exact) mass is 472 g/mol. The van der Waals surface area contributed by atoms with Gasteiger partial charge < -0.3 is 15.5 Å². The third kappa shape index (κ3) is 4.65. The van der Waals surface area contributed by atoms with Crippen LogP contribution in [0.5, 0.6) is 0 Å². The lowest BCUT2D eigenvalue weighted by molar-refractivity contribution is 0.577. The fourth-order valence-corrected chi connectivity index (χ4v) is 5.78. The van der Waals surface area contributed by atoms with Gasteiger partial charge in [-0.3, -0.25) is 9.97 Å². The van der Waals surface area contributed by atoms with Crippen LogP contribution in [-0.2, 0) is 0 Å². The molecule has 6 rings (SSSR count). The molecule has 5 heterocycles. The molecule has 174 valence electrons. The molecule has 0 unspecified atom stereocenters. The lowest BCUT2D eigenvalue weighted by Crippen LogP contribution is -2.29. The molecule has 0 aromatic carbocycles. The molecule has 0 amide bonds. The van der Waals surface area contributed by atoms with E-state index in [4.69, 9.17) is 4.98 Å². The molecule has 0 radical (unpaired) electrons. The Kier molecular flexibility index (Phi) is 5.93. The average molecular weight is 473 g/mol. The number of hydrogen-bond donors (Lipinski definition) is 2. The smallest absolute Gasteiger partial charge is 0.211 e. The Labute approximate surface area is 202 Å². The lowest BCUT2D eigenvalue weighted by Gasteiger charge is -2.28. The van der Waals surface area contributed by atoms with Crippen LogP contribution in [-0.4, -0.2) is 38.2 Å². The van der Waals surface area contributed by atoms with Gasteiger partial charge in [0.1, 0.15) is 10.8 Å². The van der Waals surface area contributed by atoms with Crippen LogP contribution in [0.25, 0.3) is 11.0 Å². The number of nitrogens with zero attached hydrogens (tertiary/aromatic N) is 6. The highest BCUT2D eigenvalue weighted by atomic mass is 32.1. The summed E-state index contributed by atoms with van der Waals surface area (Å²) in [6, 6.07) is 8.09. The summed E-state index contributed by atoms with van der Waals surface area (Å²) in [6.07, 6.45) is 14.5. The number of aromatic nitrogens is 5. The second kappa shape index (κ2) is 9.50. The molecule has 1 saturated carbocycles. The molecule has 1 saturated heterocycles. The van der Waals surface area contributed by atoms with Crippen molar-refractivity contribution in [2.45, 2.75) is 50.9 Å². The largest absolute Gasteiger partial charge is 0.370 e. The molecule has 1 aliphatic carbocycles. The molecule has 4 aromatic heterocycles. The standard InChI is InChI=1S/C25H28N8S/c1-4-10-33(11-5-1)20-12-18(14-26-16-20)28-19-13-22-21(27-15-19)8-9-23(29-22)30-25-32-31-24(34-25)17-6-2-3-7-17/h8-9,12-17,28H,1-7,10-11H2,(H,29,30,32). The van der Waals surface area contributed by atoms with Crippen molar-refractivity contribution in [3.8, 4) is 0 Å². The van der Waals surface area contributed by atoms with Gasteiger partial charge in [0.05, 0.1) is 46.7 Å². The first-order chi connectivity index (χ1) is 16.8. The highest BCUT2D eigenvalue weighted by Gasteiger charge is 2.21. The number of rotatable bonds is 6. The predicted molar refractivity (Wildman–Crippen MR) is 138 cm³/mol.